The number of carbonyl (C=O) groups is 3. The predicted molar refractivity (Wildman–Crippen MR) is 200 cm³/mol. The molecule has 1 aliphatic heterocycles. The van der Waals surface area contributed by atoms with Crippen molar-refractivity contribution in [2.45, 2.75) is 71.6 Å². The van der Waals surface area contributed by atoms with Crippen LogP contribution in [0.1, 0.15) is 64.6 Å². The lowest BCUT2D eigenvalue weighted by molar-refractivity contribution is -0.135. The van der Waals surface area contributed by atoms with Gasteiger partial charge in [-0.05, 0) is 54.0 Å². The Morgan fingerprint density at radius 2 is 1.73 bits per heavy atom. The Kier molecular flexibility index (Phi) is 12.6. The second kappa shape index (κ2) is 17.2. The number of likely N-dealkylation sites (tertiary alicyclic amines) is 1. The van der Waals surface area contributed by atoms with Gasteiger partial charge in [0, 0.05) is 37.7 Å². The zero-order valence-corrected chi connectivity index (χ0v) is 30.9. The fourth-order valence-electron chi connectivity index (χ4n) is 6.60. The van der Waals surface area contributed by atoms with Gasteiger partial charge in [0.2, 0.25) is 5.91 Å². The number of carbonyl (C=O) groups excluding carboxylic acids is 3. The number of benzene rings is 2. The van der Waals surface area contributed by atoms with Gasteiger partial charge in [0.15, 0.2) is 0 Å². The Balaban J connectivity index is 1.32. The Morgan fingerprint density at radius 1 is 1.00 bits per heavy atom. The molecule has 1 aliphatic rings. The lowest BCUT2D eigenvalue weighted by atomic mass is 10.0. The summed E-state index contributed by atoms with van der Waals surface area (Å²) in [5.41, 5.74) is 5.62. The first-order valence-corrected chi connectivity index (χ1v) is 17.8. The number of alkyl carbamates (subject to hydrolysis) is 2. The van der Waals surface area contributed by atoms with E-state index in [4.69, 9.17) is 20.9 Å². The quantitative estimate of drug-likeness (QED) is 0.118. The van der Waals surface area contributed by atoms with Gasteiger partial charge in [-0.25, -0.2) is 19.6 Å². The number of imidazole rings is 2. The Bertz CT molecular complexity index is 1890. The van der Waals surface area contributed by atoms with Crippen LogP contribution < -0.4 is 10.6 Å². The average molecular weight is 711 g/mol. The maximum atomic E-state index is 13.6. The highest BCUT2D eigenvalue weighted by Crippen LogP contribution is 2.34. The summed E-state index contributed by atoms with van der Waals surface area (Å²) in [6.45, 7) is 10.3. The fraction of sp³-hybridized carbons (Fsp3) is 0.462. The zero-order valence-electron chi connectivity index (χ0n) is 30.9. The molecule has 52 heavy (non-hydrogen) atoms. The molecule has 2 aromatic heterocycles. The van der Waals surface area contributed by atoms with Crippen LogP contribution in [0, 0.1) is 24.2 Å². The van der Waals surface area contributed by atoms with E-state index in [2.05, 4.69) is 68.5 Å². The molecule has 2 aromatic carbocycles. The molecule has 0 saturated carbocycles. The summed E-state index contributed by atoms with van der Waals surface area (Å²) < 4.78 is 9.60. The number of methoxy groups -OCH3 is 2. The van der Waals surface area contributed by atoms with Crippen LogP contribution in [0.4, 0.5) is 9.59 Å². The number of terminal acetylenes is 1. The SMILES string of the molecule is C#CCCN(Cc1ncc(-c2cccc(-c3ccc4nc(C5CCCN5C(=O)C(NC(=O)OC)C(C)C)[nH]c4c3)c2)[nH]1)CC(NC(=O)OC)C(C)C. The standard InChI is InChI=1S/C39H50N8O5/c1-8-9-17-46(22-32(24(2)3)44-38(49)51-6)23-34-40-21-31(41-34)28-13-10-12-26(19-28)27-15-16-29-30(20-27)43-36(42-29)33-14-11-18-47(33)37(48)35(25(4)5)45-39(50)52-7/h1,10,12-13,15-16,19-21,24-25,32-33,35H,9,11,14,17-18,22-23H2,2-7H3,(H,40,41)(H,42,43)(H,44,49)(H,45,50). The lowest BCUT2D eigenvalue weighted by Gasteiger charge is -2.29. The topological polar surface area (TPSA) is 158 Å². The largest absolute Gasteiger partial charge is 0.453 e. The van der Waals surface area contributed by atoms with Crippen molar-refractivity contribution in [2.24, 2.45) is 11.8 Å². The van der Waals surface area contributed by atoms with E-state index in [0.717, 1.165) is 57.9 Å². The van der Waals surface area contributed by atoms with E-state index in [1.807, 2.05) is 49.2 Å². The molecule has 4 aromatic rings. The van der Waals surface area contributed by atoms with Gasteiger partial charge in [0.1, 0.15) is 17.7 Å². The summed E-state index contributed by atoms with van der Waals surface area (Å²) in [4.78, 5) is 58.1. The number of hydrogen-bond acceptors (Lipinski definition) is 8. The first-order chi connectivity index (χ1) is 25.0. The molecule has 3 heterocycles. The molecule has 0 bridgehead atoms. The van der Waals surface area contributed by atoms with Gasteiger partial charge >= 0.3 is 12.2 Å². The second-order valence-corrected chi connectivity index (χ2v) is 13.9. The number of hydrogen-bond donors (Lipinski definition) is 4. The summed E-state index contributed by atoms with van der Waals surface area (Å²) in [5.74, 6) is 4.19. The number of fused-ring (bicyclic) bond motifs is 1. The Hall–Kier alpha value is -5.35. The summed E-state index contributed by atoms with van der Waals surface area (Å²) in [6.07, 6.45) is 8.55. The van der Waals surface area contributed by atoms with Crippen molar-refractivity contribution in [1.82, 2.24) is 40.4 Å². The van der Waals surface area contributed by atoms with Crippen molar-refractivity contribution in [3.05, 3.63) is 60.3 Å². The van der Waals surface area contributed by atoms with E-state index in [9.17, 15) is 14.4 Å². The molecule has 13 nitrogen and oxygen atoms in total. The van der Waals surface area contributed by atoms with Crippen LogP contribution in [0.15, 0.2) is 48.7 Å². The van der Waals surface area contributed by atoms with Gasteiger partial charge in [-0.1, -0.05) is 52.0 Å². The van der Waals surface area contributed by atoms with E-state index in [1.54, 1.807) is 0 Å². The molecule has 1 fully saturated rings. The monoisotopic (exact) mass is 710 g/mol. The van der Waals surface area contributed by atoms with E-state index < -0.39 is 18.2 Å². The lowest BCUT2D eigenvalue weighted by Crippen LogP contribution is -2.51. The molecule has 0 aliphatic carbocycles. The number of rotatable bonds is 14. The summed E-state index contributed by atoms with van der Waals surface area (Å²) in [6, 6.07) is 13.4. The molecule has 1 saturated heterocycles. The predicted octanol–water partition coefficient (Wildman–Crippen LogP) is 5.87. The first kappa shape index (κ1) is 37.9. The van der Waals surface area contributed by atoms with Gasteiger partial charge in [-0.3, -0.25) is 9.69 Å². The van der Waals surface area contributed by atoms with E-state index >= 15 is 0 Å². The molecular formula is C39H50N8O5. The molecule has 0 radical (unpaired) electrons. The van der Waals surface area contributed by atoms with Crippen molar-refractivity contribution >= 4 is 29.1 Å². The minimum atomic E-state index is -0.692. The fourth-order valence-corrected chi connectivity index (χ4v) is 6.60. The summed E-state index contributed by atoms with van der Waals surface area (Å²) >= 11 is 0. The number of amides is 3. The van der Waals surface area contributed by atoms with E-state index in [-0.39, 0.29) is 29.8 Å². The third-order valence-corrected chi connectivity index (χ3v) is 9.57. The van der Waals surface area contributed by atoms with Crippen molar-refractivity contribution in [1.29, 1.82) is 0 Å². The molecule has 3 amide bonds. The van der Waals surface area contributed by atoms with Crippen molar-refractivity contribution in [3.63, 3.8) is 0 Å². The second-order valence-electron chi connectivity index (χ2n) is 13.9. The maximum absolute atomic E-state index is 13.6. The van der Waals surface area contributed by atoms with Gasteiger partial charge < -0.3 is 35.0 Å². The number of nitrogens with zero attached hydrogens (tertiary/aromatic N) is 4. The molecular weight excluding hydrogens is 660 g/mol. The number of nitrogens with one attached hydrogen (secondary N) is 4. The van der Waals surface area contributed by atoms with Gasteiger partial charge in [0.25, 0.3) is 0 Å². The third kappa shape index (κ3) is 9.11. The van der Waals surface area contributed by atoms with Gasteiger partial charge in [-0.15, -0.1) is 12.3 Å². The van der Waals surface area contributed by atoms with Crippen LogP contribution in [-0.4, -0.2) is 93.8 Å². The number of aromatic amines is 2. The molecule has 0 spiro atoms. The number of H-pyrrole nitrogens is 2. The maximum Gasteiger partial charge on any atom is 0.407 e. The Labute approximate surface area is 305 Å². The molecule has 3 atom stereocenters. The molecule has 276 valence electrons. The van der Waals surface area contributed by atoms with Crippen LogP contribution in [0.25, 0.3) is 33.4 Å². The minimum Gasteiger partial charge on any atom is -0.453 e. The molecule has 3 unspecified atom stereocenters. The number of aromatic nitrogens is 4. The normalized spacial score (nSPS) is 15.5. The van der Waals surface area contributed by atoms with Gasteiger partial charge in [0.05, 0.1) is 49.7 Å². The first-order valence-electron chi connectivity index (χ1n) is 17.8. The number of ether oxygens (including phenoxy) is 2. The van der Waals surface area contributed by atoms with Crippen LogP contribution in [0.5, 0.6) is 0 Å². The molecule has 5 rings (SSSR count). The highest BCUT2D eigenvalue weighted by Gasteiger charge is 2.37. The smallest absolute Gasteiger partial charge is 0.407 e. The van der Waals surface area contributed by atoms with E-state index in [1.165, 1.54) is 14.2 Å². The zero-order chi connectivity index (χ0) is 37.4. The van der Waals surface area contributed by atoms with Gasteiger partial charge in [-0.2, -0.15) is 0 Å². The molecule has 13 heteroatoms. The third-order valence-electron chi connectivity index (χ3n) is 9.57. The Morgan fingerprint density at radius 3 is 2.44 bits per heavy atom. The summed E-state index contributed by atoms with van der Waals surface area (Å²) in [7, 11) is 2.65. The van der Waals surface area contributed by atoms with Crippen molar-refractivity contribution < 1.29 is 23.9 Å². The van der Waals surface area contributed by atoms with Crippen LogP contribution in [0.3, 0.4) is 0 Å². The van der Waals surface area contributed by atoms with E-state index in [0.29, 0.717) is 32.6 Å². The highest BCUT2D eigenvalue weighted by atomic mass is 16.5. The minimum absolute atomic E-state index is 0.108. The average Bonchev–Trinajstić information content (AvgIpc) is 3.91. The van der Waals surface area contributed by atoms with Crippen LogP contribution in [0.2, 0.25) is 0 Å². The summed E-state index contributed by atoms with van der Waals surface area (Å²) in [5, 5.41) is 5.64. The van der Waals surface area contributed by atoms with Crippen molar-refractivity contribution in [3.8, 4) is 34.7 Å². The molecule has 4 N–H and O–H groups in total. The van der Waals surface area contributed by atoms with Crippen LogP contribution in [-0.2, 0) is 20.8 Å². The van der Waals surface area contributed by atoms with Crippen LogP contribution >= 0.6 is 0 Å². The van der Waals surface area contributed by atoms with Crippen molar-refractivity contribution in [2.75, 3.05) is 33.9 Å². The highest BCUT2D eigenvalue weighted by molar-refractivity contribution is 5.87.